The fourth-order valence-electron chi connectivity index (χ4n) is 2.80. The lowest BCUT2D eigenvalue weighted by Gasteiger charge is -2.31. The quantitative estimate of drug-likeness (QED) is 0.612. The number of cyclic esters (lactones) is 1. The van der Waals surface area contributed by atoms with Crippen molar-refractivity contribution in [2.75, 3.05) is 26.2 Å². The Morgan fingerprint density at radius 1 is 1.23 bits per heavy atom. The molecule has 0 saturated carbocycles. The molecule has 6 heteroatoms. The van der Waals surface area contributed by atoms with Crippen LogP contribution in [0.3, 0.4) is 0 Å². The monoisotopic (exact) mass is 317 g/mol. The van der Waals surface area contributed by atoms with E-state index in [1.54, 1.807) is 13.8 Å². The van der Waals surface area contributed by atoms with Crippen LogP contribution in [0.25, 0.3) is 0 Å². The van der Waals surface area contributed by atoms with Gasteiger partial charge in [0, 0.05) is 13.1 Å². The first-order valence-electron chi connectivity index (χ1n) is 8.20. The molecule has 0 amide bonds. The molecule has 0 radical (unpaired) electrons. The van der Waals surface area contributed by atoms with E-state index >= 15 is 0 Å². The lowest BCUT2D eigenvalue weighted by atomic mass is 9.98. The molecular weight excluding hydrogens is 286 g/mol. The molecule has 0 aliphatic carbocycles. The molecule has 5 atom stereocenters. The summed E-state index contributed by atoms with van der Waals surface area (Å²) in [5.74, 6) is -0.170. The van der Waals surface area contributed by atoms with Gasteiger partial charge in [-0.2, -0.15) is 0 Å². The summed E-state index contributed by atoms with van der Waals surface area (Å²) in [6, 6.07) is 0. The molecule has 1 rings (SSSR count). The van der Waals surface area contributed by atoms with Gasteiger partial charge in [-0.3, -0.25) is 4.90 Å². The highest BCUT2D eigenvalue weighted by molar-refractivity contribution is 5.75. The largest absolute Gasteiger partial charge is 0.458 e. The van der Waals surface area contributed by atoms with Crippen LogP contribution in [0.1, 0.15) is 40.5 Å². The molecule has 6 nitrogen and oxygen atoms in total. The van der Waals surface area contributed by atoms with Crippen molar-refractivity contribution in [3.8, 4) is 0 Å². The van der Waals surface area contributed by atoms with Crippen molar-refractivity contribution >= 4 is 5.97 Å². The van der Waals surface area contributed by atoms with Crippen LogP contribution in [0, 0.1) is 5.92 Å². The highest BCUT2D eigenvalue weighted by Crippen LogP contribution is 2.20. The predicted molar refractivity (Wildman–Crippen MR) is 83.5 cm³/mol. The van der Waals surface area contributed by atoms with Crippen molar-refractivity contribution in [3.05, 3.63) is 0 Å². The van der Waals surface area contributed by atoms with Gasteiger partial charge in [0.05, 0.1) is 18.8 Å². The van der Waals surface area contributed by atoms with Gasteiger partial charge in [-0.05, 0) is 46.1 Å². The van der Waals surface area contributed by atoms with Gasteiger partial charge >= 0.3 is 5.97 Å². The van der Waals surface area contributed by atoms with E-state index in [-0.39, 0.29) is 18.0 Å². The van der Waals surface area contributed by atoms with Crippen molar-refractivity contribution in [2.24, 2.45) is 5.92 Å². The summed E-state index contributed by atoms with van der Waals surface area (Å²) < 4.78 is 10.8. The number of ether oxygens (including phenoxy) is 2. The molecule has 5 unspecified atom stereocenters. The van der Waals surface area contributed by atoms with E-state index in [0.29, 0.717) is 19.7 Å². The second-order valence-corrected chi connectivity index (χ2v) is 6.58. The standard InChI is InChI=1S/C16H31NO5/c1-11(15-16(20)22-14(4)10-21-15)6-5-7-17(8-12(2)18)9-13(3)19/h11-15,18-19H,5-10H2,1-4H3. The molecular formula is C16H31NO5. The van der Waals surface area contributed by atoms with Crippen LogP contribution in [0.5, 0.6) is 0 Å². The first-order valence-corrected chi connectivity index (χ1v) is 8.20. The summed E-state index contributed by atoms with van der Waals surface area (Å²) in [6.07, 6.45) is 0.235. The molecule has 1 fully saturated rings. The van der Waals surface area contributed by atoms with E-state index in [9.17, 15) is 15.0 Å². The maximum absolute atomic E-state index is 11.8. The topological polar surface area (TPSA) is 79.2 Å². The number of aliphatic hydroxyl groups is 2. The van der Waals surface area contributed by atoms with Crippen LogP contribution in [-0.4, -0.2) is 71.7 Å². The third kappa shape index (κ3) is 7.05. The summed E-state index contributed by atoms with van der Waals surface area (Å²) in [5.41, 5.74) is 0. The lowest BCUT2D eigenvalue weighted by Crippen LogP contribution is -2.42. The van der Waals surface area contributed by atoms with Gasteiger partial charge in [0.2, 0.25) is 0 Å². The van der Waals surface area contributed by atoms with Gasteiger partial charge in [-0.1, -0.05) is 6.92 Å². The van der Waals surface area contributed by atoms with Crippen LogP contribution in [0.4, 0.5) is 0 Å². The minimum absolute atomic E-state index is 0.0972. The molecule has 0 bridgehead atoms. The number of esters is 1. The number of rotatable bonds is 9. The Labute approximate surface area is 133 Å². The minimum Gasteiger partial charge on any atom is -0.458 e. The molecule has 1 saturated heterocycles. The zero-order valence-corrected chi connectivity index (χ0v) is 14.2. The van der Waals surface area contributed by atoms with Gasteiger partial charge in [0.25, 0.3) is 0 Å². The lowest BCUT2D eigenvalue weighted by molar-refractivity contribution is -0.186. The van der Waals surface area contributed by atoms with Gasteiger partial charge in [0.15, 0.2) is 6.10 Å². The normalized spacial score (nSPS) is 26.6. The second-order valence-electron chi connectivity index (χ2n) is 6.58. The van der Waals surface area contributed by atoms with E-state index in [4.69, 9.17) is 9.47 Å². The maximum atomic E-state index is 11.8. The molecule has 1 aliphatic rings. The van der Waals surface area contributed by atoms with E-state index in [0.717, 1.165) is 19.4 Å². The van der Waals surface area contributed by atoms with Gasteiger partial charge in [-0.15, -0.1) is 0 Å². The van der Waals surface area contributed by atoms with Crippen molar-refractivity contribution < 1.29 is 24.5 Å². The van der Waals surface area contributed by atoms with Crippen molar-refractivity contribution in [2.45, 2.75) is 65.0 Å². The van der Waals surface area contributed by atoms with Gasteiger partial charge < -0.3 is 19.7 Å². The van der Waals surface area contributed by atoms with Crippen molar-refractivity contribution in [1.82, 2.24) is 4.90 Å². The number of hydrogen-bond acceptors (Lipinski definition) is 6. The van der Waals surface area contributed by atoms with E-state index in [1.807, 2.05) is 18.7 Å². The first-order chi connectivity index (χ1) is 10.3. The third-order valence-electron chi connectivity index (χ3n) is 3.76. The van der Waals surface area contributed by atoms with Crippen LogP contribution in [-0.2, 0) is 14.3 Å². The molecule has 1 aliphatic heterocycles. The molecule has 2 N–H and O–H groups in total. The molecule has 0 aromatic rings. The molecule has 1 heterocycles. The van der Waals surface area contributed by atoms with Gasteiger partial charge in [-0.25, -0.2) is 4.79 Å². The third-order valence-corrected chi connectivity index (χ3v) is 3.76. The number of nitrogens with zero attached hydrogens (tertiary/aromatic N) is 1. The van der Waals surface area contributed by atoms with E-state index < -0.39 is 18.3 Å². The van der Waals surface area contributed by atoms with E-state index in [1.165, 1.54) is 0 Å². The average molecular weight is 317 g/mol. The Hall–Kier alpha value is -0.690. The Morgan fingerprint density at radius 3 is 2.32 bits per heavy atom. The van der Waals surface area contributed by atoms with Gasteiger partial charge in [0.1, 0.15) is 6.10 Å². The van der Waals surface area contributed by atoms with E-state index in [2.05, 4.69) is 0 Å². The van der Waals surface area contributed by atoms with Crippen LogP contribution in [0.15, 0.2) is 0 Å². The predicted octanol–water partition coefficient (Wildman–Crippen LogP) is 0.797. The van der Waals surface area contributed by atoms with Crippen LogP contribution in [0.2, 0.25) is 0 Å². The number of hydrogen-bond donors (Lipinski definition) is 2. The molecule has 0 aromatic carbocycles. The molecule has 0 spiro atoms. The maximum Gasteiger partial charge on any atom is 0.335 e. The fourth-order valence-corrected chi connectivity index (χ4v) is 2.80. The van der Waals surface area contributed by atoms with Crippen LogP contribution < -0.4 is 0 Å². The van der Waals surface area contributed by atoms with Crippen molar-refractivity contribution in [1.29, 1.82) is 0 Å². The number of carbonyl (C=O) groups excluding carboxylic acids is 1. The Kier molecular flexibility index (Phi) is 8.31. The first kappa shape index (κ1) is 19.4. The summed E-state index contributed by atoms with van der Waals surface area (Å²) in [7, 11) is 0. The minimum atomic E-state index is -0.474. The molecule has 0 aromatic heterocycles. The Balaban J connectivity index is 2.35. The number of carbonyl (C=O) groups is 1. The highest BCUT2D eigenvalue weighted by atomic mass is 16.6. The molecule has 22 heavy (non-hydrogen) atoms. The zero-order chi connectivity index (χ0) is 16.7. The Morgan fingerprint density at radius 2 is 1.82 bits per heavy atom. The highest BCUT2D eigenvalue weighted by Gasteiger charge is 2.33. The van der Waals surface area contributed by atoms with Crippen LogP contribution >= 0.6 is 0 Å². The smallest absolute Gasteiger partial charge is 0.335 e. The Bertz CT molecular complexity index is 324. The second kappa shape index (κ2) is 9.45. The zero-order valence-electron chi connectivity index (χ0n) is 14.2. The summed E-state index contributed by atoms with van der Waals surface area (Å²) >= 11 is 0. The number of aliphatic hydroxyl groups excluding tert-OH is 2. The summed E-state index contributed by atoms with van der Waals surface area (Å²) in [6.45, 7) is 9.61. The summed E-state index contributed by atoms with van der Waals surface area (Å²) in [5, 5.41) is 19.0. The SMILES string of the molecule is CC(O)CN(CCCC(C)C1OCC(C)OC1=O)CC(C)O. The average Bonchev–Trinajstić information content (AvgIpc) is 2.36. The fraction of sp³-hybridized carbons (Fsp3) is 0.938. The molecule has 130 valence electrons. The van der Waals surface area contributed by atoms with Crippen molar-refractivity contribution in [3.63, 3.8) is 0 Å². The summed E-state index contributed by atoms with van der Waals surface area (Å²) in [4.78, 5) is 13.9.